The Morgan fingerprint density at radius 3 is 2.52 bits per heavy atom. The van der Waals surface area contributed by atoms with Crippen molar-refractivity contribution in [3.63, 3.8) is 0 Å². The first-order valence-corrected chi connectivity index (χ1v) is 14.7. The number of fused-ring (bicyclic) bond motifs is 2. The monoisotopic (exact) mass is 551 g/mol. The van der Waals surface area contributed by atoms with E-state index < -0.39 is 17.7 Å². The van der Waals surface area contributed by atoms with Crippen LogP contribution in [0.1, 0.15) is 77.3 Å². The summed E-state index contributed by atoms with van der Waals surface area (Å²) in [6.07, 6.45) is 6.32. The number of nitrogens with zero attached hydrogens (tertiary/aromatic N) is 4. The summed E-state index contributed by atoms with van der Waals surface area (Å²) >= 11 is 0. The number of amides is 2. The maximum Gasteiger partial charge on any atom is 0.408 e. The predicted octanol–water partition coefficient (Wildman–Crippen LogP) is 4.74. The molecule has 1 aliphatic carbocycles. The Balaban J connectivity index is 1.34. The fraction of sp³-hybridized carbons (Fsp3) is 0.645. The van der Waals surface area contributed by atoms with Crippen molar-refractivity contribution in [3.05, 3.63) is 47.9 Å². The summed E-state index contributed by atoms with van der Waals surface area (Å²) in [5.74, 6) is 0.214. The molecule has 0 spiro atoms. The third-order valence-electron chi connectivity index (χ3n) is 8.95. The lowest BCUT2D eigenvalue weighted by molar-refractivity contribution is -0.140. The van der Waals surface area contributed by atoms with E-state index in [1.165, 1.54) is 12.1 Å². The van der Waals surface area contributed by atoms with Crippen LogP contribution < -0.4 is 5.32 Å². The van der Waals surface area contributed by atoms with Gasteiger partial charge in [0.25, 0.3) is 0 Å². The molecule has 0 aromatic heterocycles. The molecule has 40 heavy (non-hydrogen) atoms. The number of ether oxygens (including phenoxy) is 1. The molecular weight excluding hydrogens is 509 g/mol. The van der Waals surface area contributed by atoms with E-state index in [0.29, 0.717) is 31.2 Å². The number of hydrogen-bond donors (Lipinski definition) is 1. The summed E-state index contributed by atoms with van der Waals surface area (Å²) in [7, 11) is 0. The van der Waals surface area contributed by atoms with Crippen molar-refractivity contribution in [1.29, 1.82) is 5.26 Å². The van der Waals surface area contributed by atoms with Crippen LogP contribution in [-0.4, -0.2) is 76.1 Å². The van der Waals surface area contributed by atoms with E-state index in [1.807, 2.05) is 37.8 Å². The molecule has 8 nitrogen and oxygen atoms in total. The molecule has 0 radical (unpaired) electrons. The van der Waals surface area contributed by atoms with E-state index in [4.69, 9.17) is 4.74 Å². The Bertz CT molecular complexity index is 1150. The number of alkyl carbamates (subject to hydrolysis) is 1. The first-order chi connectivity index (χ1) is 19.1. The number of carbonyl (C=O) groups excluding carboxylic acids is 2. The van der Waals surface area contributed by atoms with Crippen molar-refractivity contribution in [2.75, 3.05) is 19.6 Å². The molecule has 2 amide bonds. The van der Waals surface area contributed by atoms with Gasteiger partial charge in [-0.2, -0.15) is 5.26 Å². The van der Waals surface area contributed by atoms with Crippen LogP contribution in [0.3, 0.4) is 0 Å². The molecule has 5 rings (SSSR count). The van der Waals surface area contributed by atoms with Gasteiger partial charge in [-0.05, 0) is 76.5 Å². The van der Waals surface area contributed by atoms with Crippen molar-refractivity contribution < 1.29 is 18.7 Å². The summed E-state index contributed by atoms with van der Waals surface area (Å²) in [5.41, 5.74) is 1.03. The van der Waals surface area contributed by atoms with Crippen molar-refractivity contribution in [3.8, 4) is 6.07 Å². The molecule has 2 bridgehead atoms. The Hall–Kier alpha value is -3.12. The van der Waals surface area contributed by atoms with Gasteiger partial charge >= 0.3 is 6.09 Å². The Morgan fingerprint density at radius 2 is 1.90 bits per heavy atom. The van der Waals surface area contributed by atoms with Crippen LogP contribution in [0.5, 0.6) is 0 Å². The van der Waals surface area contributed by atoms with Crippen molar-refractivity contribution in [1.82, 2.24) is 20.0 Å². The molecule has 1 aromatic rings. The highest BCUT2D eigenvalue weighted by molar-refractivity contribution is 5.86. The molecule has 3 saturated heterocycles. The van der Waals surface area contributed by atoms with Crippen LogP contribution in [0.4, 0.5) is 9.18 Å². The normalized spacial score (nSPS) is 26.7. The maximum atomic E-state index is 14.0. The second-order valence-corrected chi connectivity index (χ2v) is 12.8. The molecular formula is C31H42FN5O3. The van der Waals surface area contributed by atoms with Gasteiger partial charge in [0.15, 0.2) is 0 Å². The number of benzene rings is 1. The molecule has 3 heterocycles. The van der Waals surface area contributed by atoms with E-state index in [-0.39, 0.29) is 35.9 Å². The predicted molar refractivity (Wildman–Crippen MR) is 149 cm³/mol. The maximum absolute atomic E-state index is 14.0. The van der Waals surface area contributed by atoms with E-state index >= 15 is 0 Å². The van der Waals surface area contributed by atoms with E-state index in [1.54, 1.807) is 0 Å². The summed E-state index contributed by atoms with van der Waals surface area (Å²) in [6, 6.07) is 7.98. The minimum atomic E-state index is -0.655. The first kappa shape index (κ1) is 28.4. The smallest absolute Gasteiger partial charge is 0.408 e. The summed E-state index contributed by atoms with van der Waals surface area (Å²) in [4.78, 5) is 33.0. The van der Waals surface area contributed by atoms with Crippen LogP contribution in [0, 0.1) is 23.1 Å². The van der Waals surface area contributed by atoms with Crippen LogP contribution in [0.15, 0.2) is 36.5 Å². The van der Waals surface area contributed by atoms with Crippen LogP contribution in [0.2, 0.25) is 0 Å². The zero-order valence-corrected chi connectivity index (χ0v) is 23.9. The standard InChI is InChI=1S/C31H42FN5O3/c1-20(36-15-7-10-24(36)17-33)26(34-30(39)40-31(2,3)4)19-35-18-25-16-27(35)29(38)37(25)28(21-8-5-6-9-21)22-11-13-23(32)14-12-22/h11-14,21,24-28H,1,5-10,15-16,18-19H2,2-4H3,(H,34,39)/t24?,25?,26-,27-,28?/m0/s1. The van der Waals surface area contributed by atoms with Gasteiger partial charge in [0.2, 0.25) is 5.91 Å². The van der Waals surface area contributed by atoms with Gasteiger partial charge in [-0.25, -0.2) is 9.18 Å². The number of carbonyl (C=O) groups is 2. The first-order valence-electron chi connectivity index (χ1n) is 14.7. The van der Waals surface area contributed by atoms with Crippen molar-refractivity contribution >= 4 is 12.0 Å². The second kappa shape index (κ2) is 11.4. The lowest BCUT2D eigenvalue weighted by atomic mass is 9.89. The highest BCUT2D eigenvalue weighted by Crippen LogP contribution is 2.46. The van der Waals surface area contributed by atoms with E-state index in [0.717, 1.165) is 50.5 Å². The Labute approximate surface area is 237 Å². The van der Waals surface area contributed by atoms with Gasteiger partial charge in [0.1, 0.15) is 17.5 Å². The number of likely N-dealkylation sites (tertiary alicyclic amines) is 3. The highest BCUT2D eigenvalue weighted by atomic mass is 19.1. The fourth-order valence-electron chi connectivity index (χ4n) is 7.21. The minimum absolute atomic E-state index is 0.0422. The highest BCUT2D eigenvalue weighted by Gasteiger charge is 2.53. The molecule has 1 aromatic carbocycles. The zero-order valence-electron chi connectivity index (χ0n) is 23.9. The molecule has 1 N–H and O–H groups in total. The largest absolute Gasteiger partial charge is 0.444 e. The summed E-state index contributed by atoms with van der Waals surface area (Å²) in [5, 5.41) is 12.7. The van der Waals surface area contributed by atoms with E-state index in [2.05, 4.69) is 27.8 Å². The van der Waals surface area contributed by atoms with Crippen molar-refractivity contribution in [2.45, 2.75) is 102 Å². The number of nitrogens with one attached hydrogen (secondary N) is 1. The van der Waals surface area contributed by atoms with Gasteiger partial charge in [0, 0.05) is 31.4 Å². The van der Waals surface area contributed by atoms with Crippen LogP contribution >= 0.6 is 0 Å². The Kier molecular flexibility index (Phi) is 8.10. The lowest BCUT2D eigenvalue weighted by Crippen LogP contribution is -2.57. The third kappa shape index (κ3) is 5.83. The number of rotatable bonds is 8. The van der Waals surface area contributed by atoms with Gasteiger partial charge in [-0.1, -0.05) is 31.6 Å². The van der Waals surface area contributed by atoms with E-state index in [9.17, 15) is 19.2 Å². The fourth-order valence-corrected chi connectivity index (χ4v) is 7.21. The molecule has 5 atom stereocenters. The number of hydrogen-bond acceptors (Lipinski definition) is 6. The molecule has 4 fully saturated rings. The van der Waals surface area contributed by atoms with Crippen LogP contribution in [0.25, 0.3) is 0 Å². The minimum Gasteiger partial charge on any atom is -0.444 e. The number of nitriles is 1. The van der Waals surface area contributed by atoms with Gasteiger partial charge in [0.05, 0.1) is 24.2 Å². The third-order valence-corrected chi connectivity index (χ3v) is 8.95. The molecule has 1 saturated carbocycles. The molecule has 9 heteroatoms. The number of halogens is 1. The van der Waals surface area contributed by atoms with Crippen molar-refractivity contribution in [2.24, 2.45) is 5.92 Å². The van der Waals surface area contributed by atoms with Gasteiger partial charge < -0.3 is 19.9 Å². The Morgan fingerprint density at radius 1 is 1.20 bits per heavy atom. The second-order valence-electron chi connectivity index (χ2n) is 12.8. The van der Waals surface area contributed by atoms with Gasteiger partial charge in [-0.3, -0.25) is 9.69 Å². The average Bonchev–Trinajstić information content (AvgIpc) is 3.69. The summed E-state index contributed by atoms with van der Waals surface area (Å²) < 4.78 is 19.3. The quantitative estimate of drug-likeness (QED) is 0.502. The molecule has 216 valence electrons. The lowest BCUT2D eigenvalue weighted by Gasteiger charge is -2.42. The van der Waals surface area contributed by atoms with Gasteiger partial charge in [-0.15, -0.1) is 0 Å². The zero-order chi connectivity index (χ0) is 28.6. The van der Waals surface area contributed by atoms with Crippen LogP contribution in [-0.2, 0) is 9.53 Å². The number of piperazine rings is 1. The molecule has 4 aliphatic rings. The molecule has 3 aliphatic heterocycles. The SMILES string of the molecule is C=C([C@H](CN1CC2C[C@H]1C(=O)N2C(c1ccc(F)cc1)C1CCCC1)NC(=O)OC(C)(C)C)N1CCCC1C#N. The summed E-state index contributed by atoms with van der Waals surface area (Å²) in [6.45, 7) is 11.6. The average molecular weight is 552 g/mol. The molecule has 3 unspecified atom stereocenters. The topological polar surface area (TPSA) is 88.9 Å².